The molecule has 2 atom stereocenters. The highest BCUT2D eigenvalue weighted by Crippen LogP contribution is 2.03. The summed E-state index contributed by atoms with van der Waals surface area (Å²) in [5.74, 6) is 0.819. The van der Waals surface area contributed by atoms with Crippen molar-refractivity contribution in [2.75, 3.05) is 27.2 Å². The molecule has 0 fully saturated rings. The molecule has 0 aliphatic carbocycles. The van der Waals surface area contributed by atoms with Crippen molar-refractivity contribution in [1.29, 1.82) is 0 Å². The predicted octanol–water partition coefficient (Wildman–Crippen LogP) is 1.96. The molecule has 2 heteroatoms. The third kappa shape index (κ3) is 6.05. The van der Waals surface area contributed by atoms with Crippen LogP contribution in [0.4, 0.5) is 0 Å². The highest BCUT2D eigenvalue weighted by Gasteiger charge is 2.09. The normalized spacial score (nSPS) is 16.2. The SMILES string of the molecule is CCC(C)CN(C)CC(CC)NC. The fraction of sp³-hybridized carbons (Fsp3) is 1.00. The molecular formula is C11H26N2. The van der Waals surface area contributed by atoms with E-state index < -0.39 is 0 Å². The fourth-order valence-electron chi connectivity index (χ4n) is 1.54. The van der Waals surface area contributed by atoms with Crippen molar-refractivity contribution in [2.45, 2.75) is 39.7 Å². The molecule has 2 unspecified atom stereocenters. The summed E-state index contributed by atoms with van der Waals surface area (Å²) >= 11 is 0. The van der Waals surface area contributed by atoms with E-state index in [0.29, 0.717) is 6.04 Å². The van der Waals surface area contributed by atoms with Crippen LogP contribution < -0.4 is 5.32 Å². The summed E-state index contributed by atoms with van der Waals surface area (Å²) in [5, 5.41) is 3.33. The van der Waals surface area contributed by atoms with Crippen molar-refractivity contribution in [1.82, 2.24) is 10.2 Å². The quantitative estimate of drug-likeness (QED) is 0.654. The van der Waals surface area contributed by atoms with Gasteiger partial charge in [0.2, 0.25) is 0 Å². The first-order valence-electron chi connectivity index (χ1n) is 5.49. The summed E-state index contributed by atoms with van der Waals surface area (Å²) in [4.78, 5) is 2.43. The molecule has 0 aromatic carbocycles. The van der Waals surface area contributed by atoms with Gasteiger partial charge in [-0.3, -0.25) is 0 Å². The lowest BCUT2D eigenvalue weighted by Crippen LogP contribution is -2.38. The molecule has 0 saturated heterocycles. The van der Waals surface area contributed by atoms with E-state index >= 15 is 0 Å². The molecule has 0 spiro atoms. The van der Waals surface area contributed by atoms with E-state index in [0.717, 1.165) is 12.5 Å². The fourth-order valence-corrected chi connectivity index (χ4v) is 1.54. The van der Waals surface area contributed by atoms with Gasteiger partial charge in [-0.1, -0.05) is 27.2 Å². The maximum absolute atomic E-state index is 3.33. The number of nitrogens with zero attached hydrogens (tertiary/aromatic N) is 1. The second-order valence-electron chi connectivity index (χ2n) is 4.13. The zero-order chi connectivity index (χ0) is 10.3. The summed E-state index contributed by atoms with van der Waals surface area (Å²) in [5.41, 5.74) is 0. The van der Waals surface area contributed by atoms with Gasteiger partial charge >= 0.3 is 0 Å². The van der Waals surface area contributed by atoms with Crippen LogP contribution >= 0.6 is 0 Å². The number of hydrogen-bond donors (Lipinski definition) is 1. The van der Waals surface area contributed by atoms with Crippen LogP contribution in [0.25, 0.3) is 0 Å². The molecule has 0 aromatic rings. The van der Waals surface area contributed by atoms with Gasteiger partial charge in [0.1, 0.15) is 0 Å². The molecule has 13 heavy (non-hydrogen) atoms. The van der Waals surface area contributed by atoms with Crippen molar-refractivity contribution in [2.24, 2.45) is 5.92 Å². The van der Waals surface area contributed by atoms with Crippen LogP contribution in [-0.4, -0.2) is 38.1 Å². The smallest absolute Gasteiger partial charge is 0.0189 e. The summed E-state index contributed by atoms with van der Waals surface area (Å²) < 4.78 is 0. The Morgan fingerprint density at radius 3 is 2.15 bits per heavy atom. The van der Waals surface area contributed by atoms with Gasteiger partial charge in [0.25, 0.3) is 0 Å². The third-order valence-electron chi connectivity index (χ3n) is 2.75. The molecule has 0 saturated carbocycles. The Labute approximate surface area is 83.7 Å². The van der Waals surface area contributed by atoms with Crippen LogP contribution in [0.1, 0.15) is 33.6 Å². The average molecular weight is 186 g/mol. The van der Waals surface area contributed by atoms with Gasteiger partial charge < -0.3 is 10.2 Å². The minimum atomic E-state index is 0.647. The van der Waals surface area contributed by atoms with Crippen molar-refractivity contribution >= 4 is 0 Å². The van der Waals surface area contributed by atoms with Crippen molar-refractivity contribution in [3.05, 3.63) is 0 Å². The van der Waals surface area contributed by atoms with Crippen LogP contribution in [0, 0.1) is 5.92 Å². The second-order valence-corrected chi connectivity index (χ2v) is 4.13. The van der Waals surface area contributed by atoms with E-state index in [4.69, 9.17) is 0 Å². The van der Waals surface area contributed by atoms with Gasteiger partial charge in [-0.2, -0.15) is 0 Å². The molecule has 0 aliphatic rings. The van der Waals surface area contributed by atoms with E-state index in [2.05, 4.69) is 38.0 Å². The van der Waals surface area contributed by atoms with E-state index in [-0.39, 0.29) is 0 Å². The summed E-state index contributed by atoms with van der Waals surface area (Å²) in [6, 6.07) is 0.647. The lowest BCUT2D eigenvalue weighted by molar-refractivity contribution is 0.253. The van der Waals surface area contributed by atoms with E-state index in [1.54, 1.807) is 0 Å². The topological polar surface area (TPSA) is 15.3 Å². The van der Waals surface area contributed by atoms with Crippen LogP contribution in [0.3, 0.4) is 0 Å². The lowest BCUT2D eigenvalue weighted by atomic mass is 10.1. The van der Waals surface area contributed by atoms with E-state index in [1.807, 2.05) is 7.05 Å². The summed E-state index contributed by atoms with van der Waals surface area (Å²) in [6.07, 6.45) is 2.49. The maximum Gasteiger partial charge on any atom is 0.0189 e. The Morgan fingerprint density at radius 2 is 1.77 bits per heavy atom. The van der Waals surface area contributed by atoms with Gasteiger partial charge in [0.05, 0.1) is 0 Å². The lowest BCUT2D eigenvalue weighted by Gasteiger charge is -2.25. The molecule has 1 N–H and O–H groups in total. The Kier molecular flexibility index (Phi) is 7.29. The number of likely N-dealkylation sites (N-methyl/N-ethyl adjacent to an activating group) is 2. The molecule has 0 heterocycles. The van der Waals surface area contributed by atoms with Gasteiger partial charge in [0, 0.05) is 19.1 Å². The van der Waals surface area contributed by atoms with Gasteiger partial charge in [-0.25, -0.2) is 0 Å². The minimum absolute atomic E-state index is 0.647. The first kappa shape index (κ1) is 12.9. The molecule has 2 nitrogen and oxygen atoms in total. The summed E-state index contributed by atoms with van der Waals surface area (Å²) in [6.45, 7) is 9.19. The number of hydrogen-bond acceptors (Lipinski definition) is 2. The number of rotatable bonds is 7. The van der Waals surface area contributed by atoms with Gasteiger partial charge in [-0.15, -0.1) is 0 Å². The Hall–Kier alpha value is -0.0800. The first-order valence-corrected chi connectivity index (χ1v) is 5.49. The summed E-state index contributed by atoms with van der Waals surface area (Å²) in [7, 11) is 4.26. The largest absolute Gasteiger partial charge is 0.316 e. The van der Waals surface area contributed by atoms with Gasteiger partial charge in [0.15, 0.2) is 0 Å². The Morgan fingerprint density at radius 1 is 1.15 bits per heavy atom. The highest BCUT2D eigenvalue weighted by atomic mass is 15.1. The molecule has 0 aliphatic heterocycles. The second kappa shape index (κ2) is 7.34. The van der Waals surface area contributed by atoms with Gasteiger partial charge in [-0.05, 0) is 26.4 Å². The molecule has 0 rings (SSSR count). The van der Waals surface area contributed by atoms with Crippen LogP contribution in [0.15, 0.2) is 0 Å². The van der Waals surface area contributed by atoms with Crippen LogP contribution in [-0.2, 0) is 0 Å². The third-order valence-corrected chi connectivity index (χ3v) is 2.75. The van der Waals surface area contributed by atoms with Crippen molar-refractivity contribution < 1.29 is 0 Å². The zero-order valence-corrected chi connectivity index (χ0v) is 9.93. The number of nitrogens with one attached hydrogen (secondary N) is 1. The first-order chi connectivity index (χ1) is 6.13. The predicted molar refractivity (Wildman–Crippen MR) is 60.1 cm³/mol. The van der Waals surface area contributed by atoms with Crippen LogP contribution in [0.5, 0.6) is 0 Å². The molecular weight excluding hydrogens is 160 g/mol. The molecule has 80 valence electrons. The van der Waals surface area contributed by atoms with E-state index in [9.17, 15) is 0 Å². The maximum atomic E-state index is 3.33. The molecule has 0 bridgehead atoms. The Bertz CT molecular complexity index is 111. The standard InChI is InChI=1S/C11H26N2/c1-6-10(3)8-13(5)9-11(7-2)12-4/h10-12H,6-9H2,1-5H3. The zero-order valence-electron chi connectivity index (χ0n) is 9.93. The monoisotopic (exact) mass is 186 g/mol. The molecule has 0 radical (unpaired) electrons. The van der Waals surface area contributed by atoms with Crippen molar-refractivity contribution in [3.8, 4) is 0 Å². The molecule has 0 aromatic heterocycles. The van der Waals surface area contributed by atoms with Crippen LogP contribution in [0.2, 0.25) is 0 Å². The Balaban J connectivity index is 3.65. The minimum Gasteiger partial charge on any atom is -0.316 e. The van der Waals surface area contributed by atoms with Crippen molar-refractivity contribution in [3.63, 3.8) is 0 Å². The molecule has 0 amide bonds. The van der Waals surface area contributed by atoms with E-state index in [1.165, 1.54) is 19.4 Å². The highest BCUT2D eigenvalue weighted by molar-refractivity contribution is 4.67. The average Bonchev–Trinajstić information content (AvgIpc) is 2.13.